The molecule has 0 radical (unpaired) electrons. The fraction of sp³-hybridized carbons (Fsp3) is 0. The molecular formula is C7H5NO2S2. The first kappa shape index (κ1) is 7.85. The van der Waals surface area contributed by atoms with Crippen LogP contribution >= 0.6 is 11.3 Å². The zero-order valence-corrected chi connectivity index (χ0v) is 7.56. The van der Waals surface area contributed by atoms with Gasteiger partial charge in [0.05, 0.1) is 4.90 Å². The van der Waals surface area contributed by atoms with Crippen molar-refractivity contribution in [3.05, 3.63) is 23.7 Å². The highest BCUT2D eigenvalue weighted by Gasteiger charge is 2.02. The third kappa shape index (κ3) is 1.26. The van der Waals surface area contributed by atoms with Crippen LogP contribution in [0.2, 0.25) is 0 Å². The number of hydrogen-bond acceptors (Lipinski definition) is 3. The van der Waals surface area contributed by atoms with Crippen LogP contribution in [0.5, 0.6) is 0 Å². The molecule has 0 fully saturated rings. The van der Waals surface area contributed by atoms with Gasteiger partial charge in [0.2, 0.25) is 0 Å². The molecule has 0 aromatic carbocycles. The SMILES string of the molecule is O=S(O)c1cnc2sccc2c1. The van der Waals surface area contributed by atoms with E-state index >= 15 is 0 Å². The van der Waals surface area contributed by atoms with Crippen molar-refractivity contribution in [2.45, 2.75) is 4.90 Å². The van der Waals surface area contributed by atoms with Crippen molar-refractivity contribution < 1.29 is 8.76 Å². The van der Waals surface area contributed by atoms with Crippen molar-refractivity contribution in [1.82, 2.24) is 4.98 Å². The van der Waals surface area contributed by atoms with Gasteiger partial charge in [-0.3, -0.25) is 0 Å². The van der Waals surface area contributed by atoms with Gasteiger partial charge < -0.3 is 4.55 Å². The van der Waals surface area contributed by atoms with Crippen molar-refractivity contribution in [2.75, 3.05) is 0 Å². The second kappa shape index (κ2) is 2.93. The van der Waals surface area contributed by atoms with Crippen LogP contribution in [0.15, 0.2) is 28.6 Å². The molecule has 0 amide bonds. The summed E-state index contributed by atoms with van der Waals surface area (Å²) < 4.78 is 19.4. The second-order valence-electron chi connectivity index (χ2n) is 2.24. The van der Waals surface area contributed by atoms with Gasteiger partial charge in [-0.2, -0.15) is 0 Å². The van der Waals surface area contributed by atoms with Gasteiger partial charge >= 0.3 is 0 Å². The molecule has 0 aliphatic heterocycles. The Hall–Kier alpha value is -0.780. The number of hydrogen-bond donors (Lipinski definition) is 1. The van der Waals surface area contributed by atoms with Gasteiger partial charge in [0.25, 0.3) is 0 Å². The molecule has 62 valence electrons. The monoisotopic (exact) mass is 199 g/mol. The van der Waals surface area contributed by atoms with Gasteiger partial charge in [0, 0.05) is 11.6 Å². The molecule has 1 unspecified atom stereocenters. The van der Waals surface area contributed by atoms with Crippen LogP contribution in [-0.4, -0.2) is 13.7 Å². The highest BCUT2D eigenvalue weighted by molar-refractivity contribution is 7.79. The summed E-state index contributed by atoms with van der Waals surface area (Å²) in [5.41, 5.74) is 0. The van der Waals surface area contributed by atoms with E-state index in [0.29, 0.717) is 4.90 Å². The first-order chi connectivity index (χ1) is 5.77. The van der Waals surface area contributed by atoms with Crippen LogP contribution in [0.1, 0.15) is 0 Å². The topological polar surface area (TPSA) is 50.2 Å². The summed E-state index contributed by atoms with van der Waals surface area (Å²) in [7, 11) is 0. The summed E-state index contributed by atoms with van der Waals surface area (Å²) >= 11 is -0.411. The number of fused-ring (bicyclic) bond motifs is 1. The Kier molecular flexibility index (Phi) is 1.92. The summed E-state index contributed by atoms with van der Waals surface area (Å²) in [6, 6.07) is 3.55. The molecule has 0 saturated carbocycles. The minimum Gasteiger partial charge on any atom is -0.302 e. The van der Waals surface area contributed by atoms with Gasteiger partial charge in [-0.15, -0.1) is 11.3 Å². The zero-order chi connectivity index (χ0) is 8.55. The maximum Gasteiger partial charge on any atom is 0.188 e. The Morgan fingerprint density at radius 2 is 2.42 bits per heavy atom. The predicted octanol–water partition coefficient (Wildman–Crippen LogP) is 1.88. The van der Waals surface area contributed by atoms with Gasteiger partial charge in [0.15, 0.2) is 11.1 Å². The Morgan fingerprint density at radius 3 is 3.17 bits per heavy atom. The third-order valence-electron chi connectivity index (χ3n) is 1.48. The summed E-state index contributed by atoms with van der Waals surface area (Å²) in [5, 5.41) is 2.82. The number of nitrogens with zero attached hydrogens (tertiary/aromatic N) is 1. The second-order valence-corrected chi connectivity index (χ2v) is 4.10. The van der Waals surface area contributed by atoms with Crippen molar-refractivity contribution in [3.63, 3.8) is 0 Å². The molecule has 0 aliphatic rings. The van der Waals surface area contributed by atoms with E-state index in [1.807, 2.05) is 11.4 Å². The molecule has 0 saturated heterocycles. The van der Waals surface area contributed by atoms with Crippen LogP contribution in [0.3, 0.4) is 0 Å². The summed E-state index contributed by atoms with van der Waals surface area (Å²) in [6.07, 6.45) is 1.43. The van der Waals surface area contributed by atoms with Crippen molar-refractivity contribution in [3.8, 4) is 0 Å². The highest BCUT2D eigenvalue weighted by Crippen LogP contribution is 2.19. The quantitative estimate of drug-likeness (QED) is 0.713. The zero-order valence-electron chi connectivity index (χ0n) is 5.93. The maximum atomic E-state index is 10.6. The van der Waals surface area contributed by atoms with Gasteiger partial charge in [-0.05, 0) is 17.5 Å². The lowest BCUT2D eigenvalue weighted by Crippen LogP contribution is -1.88. The van der Waals surface area contributed by atoms with Crippen molar-refractivity contribution >= 4 is 32.6 Å². The maximum absolute atomic E-state index is 10.6. The van der Waals surface area contributed by atoms with E-state index < -0.39 is 11.1 Å². The van der Waals surface area contributed by atoms with Gasteiger partial charge in [-0.25, -0.2) is 9.19 Å². The molecule has 0 aliphatic carbocycles. The van der Waals surface area contributed by atoms with E-state index in [4.69, 9.17) is 4.55 Å². The molecular weight excluding hydrogens is 194 g/mol. The van der Waals surface area contributed by atoms with Gasteiger partial charge in [0.1, 0.15) is 4.83 Å². The smallest absolute Gasteiger partial charge is 0.188 e. The molecule has 1 atom stereocenters. The average Bonchev–Trinajstić information content (AvgIpc) is 2.49. The molecule has 12 heavy (non-hydrogen) atoms. The lowest BCUT2D eigenvalue weighted by Gasteiger charge is -1.92. The fourth-order valence-corrected chi connectivity index (χ4v) is 2.03. The molecule has 1 N–H and O–H groups in total. The van der Waals surface area contributed by atoms with E-state index in [1.54, 1.807) is 6.07 Å². The van der Waals surface area contributed by atoms with Crippen molar-refractivity contribution in [1.29, 1.82) is 0 Å². The van der Waals surface area contributed by atoms with Gasteiger partial charge in [-0.1, -0.05) is 0 Å². The lowest BCUT2D eigenvalue weighted by atomic mass is 10.3. The van der Waals surface area contributed by atoms with E-state index in [-0.39, 0.29) is 0 Å². The minimum absolute atomic E-state index is 0.348. The first-order valence-electron chi connectivity index (χ1n) is 3.21. The first-order valence-corrected chi connectivity index (χ1v) is 5.20. The van der Waals surface area contributed by atoms with Crippen LogP contribution in [0, 0.1) is 0 Å². The number of aromatic nitrogens is 1. The Bertz CT molecular complexity index is 438. The molecule has 2 rings (SSSR count). The largest absolute Gasteiger partial charge is 0.302 e. The Balaban J connectivity index is 2.68. The normalized spacial score (nSPS) is 13.4. The van der Waals surface area contributed by atoms with Crippen LogP contribution in [0.25, 0.3) is 10.2 Å². The van der Waals surface area contributed by atoms with E-state index in [1.165, 1.54) is 17.5 Å². The molecule has 2 aromatic rings. The standard InChI is InChI=1S/C7H5NO2S2/c9-12(10)6-3-5-1-2-11-7(5)8-4-6/h1-4H,(H,9,10). The Morgan fingerprint density at radius 1 is 1.58 bits per heavy atom. The highest BCUT2D eigenvalue weighted by atomic mass is 32.2. The molecule has 3 nitrogen and oxygen atoms in total. The predicted molar refractivity (Wildman–Crippen MR) is 48.7 cm³/mol. The van der Waals surface area contributed by atoms with Crippen LogP contribution in [0.4, 0.5) is 0 Å². The van der Waals surface area contributed by atoms with E-state index in [9.17, 15) is 4.21 Å². The Labute approximate surface area is 75.4 Å². The van der Waals surface area contributed by atoms with Crippen LogP contribution in [-0.2, 0) is 11.1 Å². The van der Waals surface area contributed by atoms with E-state index in [0.717, 1.165) is 10.2 Å². The summed E-state index contributed by atoms with van der Waals surface area (Å²) in [5.74, 6) is 0. The van der Waals surface area contributed by atoms with Crippen molar-refractivity contribution in [2.24, 2.45) is 0 Å². The minimum atomic E-state index is -1.93. The third-order valence-corrected chi connectivity index (χ3v) is 2.95. The molecule has 2 aromatic heterocycles. The summed E-state index contributed by atoms with van der Waals surface area (Å²) in [6.45, 7) is 0. The number of pyridine rings is 1. The number of thiophene rings is 1. The lowest BCUT2D eigenvalue weighted by molar-refractivity contribution is 0.564. The van der Waals surface area contributed by atoms with Crippen LogP contribution < -0.4 is 0 Å². The average molecular weight is 199 g/mol. The summed E-state index contributed by atoms with van der Waals surface area (Å²) in [4.78, 5) is 5.27. The molecule has 5 heteroatoms. The fourth-order valence-electron chi connectivity index (χ4n) is 0.934. The molecule has 0 spiro atoms. The molecule has 2 heterocycles. The molecule has 0 bridgehead atoms. The number of rotatable bonds is 1. The van der Waals surface area contributed by atoms with E-state index in [2.05, 4.69) is 4.98 Å².